The molecule has 2 rings (SSSR count). The number of sulfonamides is 1. The smallest absolute Gasteiger partial charge is 0.241 e. The molecule has 0 aliphatic carbocycles. The summed E-state index contributed by atoms with van der Waals surface area (Å²) in [4.78, 5) is 4.48. The second kappa shape index (κ2) is 7.39. The number of aliphatic imine (C=N–C) groups is 1. The second-order valence-corrected chi connectivity index (χ2v) is 6.80. The molecule has 0 aliphatic rings. The van der Waals surface area contributed by atoms with E-state index >= 15 is 0 Å². The fourth-order valence-corrected chi connectivity index (χ4v) is 2.96. The van der Waals surface area contributed by atoms with Crippen molar-refractivity contribution < 1.29 is 13.2 Å². The van der Waals surface area contributed by atoms with E-state index in [0.717, 1.165) is 11.1 Å². The number of nitrogens with zero attached hydrogens (tertiary/aromatic N) is 1. The van der Waals surface area contributed by atoms with Crippen LogP contribution < -0.4 is 9.88 Å². The molecular weight excluding hydrogens is 312 g/mol. The lowest BCUT2D eigenvalue weighted by Crippen LogP contribution is -2.14. The Morgan fingerprint density at radius 1 is 1.22 bits per heavy atom. The Labute approximate surface area is 136 Å². The monoisotopic (exact) mass is 332 g/mol. The molecule has 23 heavy (non-hydrogen) atoms. The van der Waals surface area contributed by atoms with Gasteiger partial charge >= 0.3 is 0 Å². The van der Waals surface area contributed by atoms with Crippen molar-refractivity contribution in [3.8, 4) is 5.75 Å². The van der Waals surface area contributed by atoms with Gasteiger partial charge in [-0.15, -0.1) is 0 Å². The fraction of sp³-hybridized carbons (Fsp3) is 0.235. The average Bonchev–Trinajstić information content (AvgIpc) is 2.53. The van der Waals surface area contributed by atoms with Gasteiger partial charge in [-0.2, -0.15) is 0 Å². The van der Waals surface area contributed by atoms with Gasteiger partial charge in [-0.1, -0.05) is 36.4 Å². The van der Waals surface area contributed by atoms with E-state index in [1.807, 2.05) is 49.5 Å². The average molecular weight is 332 g/mol. The summed E-state index contributed by atoms with van der Waals surface area (Å²) in [6.45, 7) is 1.97. The second-order valence-electron chi connectivity index (χ2n) is 5.27. The lowest BCUT2D eigenvalue weighted by molar-refractivity contribution is 0.402. The lowest BCUT2D eigenvalue weighted by atomic mass is 10.1. The van der Waals surface area contributed by atoms with E-state index in [-0.39, 0.29) is 16.7 Å². The predicted molar refractivity (Wildman–Crippen MR) is 91.6 cm³/mol. The Bertz CT molecular complexity index is 787. The van der Waals surface area contributed by atoms with Gasteiger partial charge in [0.05, 0.1) is 13.2 Å². The number of ether oxygens (including phenoxy) is 1. The zero-order valence-corrected chi connectivity index (χ0v) is 14.0. The van der Waals surface area contributed by atoms with Crippen LogP contribution in [0.3, 0.4) is 0 Å². The zero-order valence-electron chi connectivity index (χ0n) is 13.1. The number of hydrogen-bond acceptors (Lipinski definition) is 4. The van der Waals surface area contributed by atoms with Crippen LogP contribution >= 0.6 is 0 Å². The van der Waals surface area contributed by atoms with E-state index in [1.54, 1.807) is 12.1 Å². The van der Waals surface area contributed by atoms with Crippen LogP contribution in [0, 0.1) is 0 Å². The summed E-state index contributed by atoms with van der Waals surface area (Å²) in [5.41, 5.74) is 1.87. The standard InChI is InChI=1S/C17H20N2O3S/c1-13(19-12-14-6-4-3-5-7-14)10-15-8-9-16(22-2)17(11-15)23(18,20)21/h3-9,11-13H,10H2,1-2H3,(H2,18,20,21)/b19-12-/t13-/m1/s1. The number of primary sulfonamides is 1. The molecule has 5 nitrogen and oxygen atoms in total. The number of hydrogen-bond donors (Lipinski definition) is 1. The van der Waals surface area contributed by atoms with E-state index < -0.39 is 10.0 Å². The Morgan fingerprint density at radius 3 is 2.52 bits per heavy atom. The summed E-state index contributed by atoms with van der Waals surface area (Å²) in [6.07, 6.45) is 2.42. The van der Waals surface area contributed by atoms with Gasteiger partial charge in [-0.25, -0.2) is 13.6 Å². The highest BCUT2D eigenvalue weighted by molar-refractivity contribution is 7.89. The summed E-state index contributed by atoms with van der Waals surface area (Å²) >= 11 is 0. The van der Waals surface area contributed by atoms with Crippen LogP contribution in [0.2, 0.25) is 0 Å². The topological polar surface area (TPSA) is 81.8 Å². The Kier molecular flexibility index (Phi) is 5.52. The van der Waals surface area contributed by atoms with Gasteiger partial charge in [-0.3, -0.25) is 4.99 Å². The van der Waals surface area contributed by atoms with Crippen molar-refractivity contribution in [3.05, 3.63) is 59.7 Å². The van der Waals surface area contributed by atoms with E-state index in [9.17, 15) is 8.42 Å². The van der Waals surface area contributed by atoms with Gasteiger partial charge in [0.1, 0.15) is 10.6 Å². The largest absolute Gasteiger partial charge is 0.495 e. The molecule has 0 unspecified atom stereocenters. The highest BCUT2D eigenvalue weighted by Gasteiger charge is 2.16. The fourth-order valence-electron chi connectivity index (χ4n) is 2.22. The minimum atomic E-state index is -3.82. The molecule has 0 aliphatic heterocycles. The first-order chi connectivity index (χ1) is 10.9. The first-order valence-corrected chi connectivity index (χ1v) is 8.72. The minimum absolute atomic E-state index is 0.00302. The van der Waals surface area contributed by atoms with Crippen molar-refractivity contribution in [1.29, 1.82) is 0 Å². The normalized spacial score (nSPS) is 13.2. The van der Waals surface area contributed by atoms with Crippen LogP contribution in [-0.2, 0) is 16.4 Å². The molecule has 2 aromatic carbocycles. The third kappa shape index (κ3) is 4.91. The van der Waals surface area contributed by atoms with Crippen LogP contribution in [-0.4, -0.2) is 27.8 Å². The first kappa shape index (κ1) is 17.2. The molecule has 0 radical (unpaired) electrons. The van der Waals surface area contributed by atoms with Crippen molar-refractivity contribution in [3.63, 3.8) is 0 Å². The molecule has 0 saturated carbocycles. The summed E-state index contributed by atoms with van der Waals surface area (Å²) in [7, 11) is -2.41. The molecule has 1 atom stereocenters. The summed E-state index contributed by atoms with van der Waals surface area (Å²) in [5.74, 6) is 0.247. The van der Waals surface area contributed by atoms with Crippen LogP contribution in [0.5, 0.6) is 5.75 Å². The van der Waals surface area contributed by atoms with Gasteiger partial charge in [-0.05, 0) is 36.6 Å². The molecule has 0 fully saturated rings. The molecule has 0 aromatic heterocycles. The number of nitrogens with two attached hydrogens (primary N) is 1. The zero-order chi connectivity index (χ0) is 16.9. The molecule has 0 amide bonds. The van der Waals surface area contributed by atoms with E-state index in [4.69, 9.17) is 9.88 Å². The molecule has 6 heteroatoms. The molecule has 0 bridgehead atoms. The number of rotatable bonds is 6. The molecular formula is C17H20N2O3S. The van der Waals surface area contributed by atoms with E-state index in [2.05, 4.69) is 4.99 Å². The van der Waals surface area contributed by atoms with E-state index in [1.165, 1.54) is 7.11 Å². The summed E-state index contributed by atoms with van der Waals surface area (Å²) in [6, 6.07) is 14.8. The molecule has 2 N–H and O–H groups in total. The summed E-state index contributed by atoms with van der Waals surface area (Å²) < 4.78 is 28.3. The maximum absolute atomic E-state index is 11.6. The SMILES string of the molecule is COc1ccc(C[C@@H](C)/N=C\c2ccccc2)cc1S(N)(=O)=O. The molecule has 122 valence electrons. The summed E-state index contributed by atoms with van der Waals surface area (Å²) in [5, 5.41) is 5.23. The van der Waals surface area contributed by atoms with Crippen molar-refractivity contribution in [2.24, 2.45) is 10.1 Å². The molecule has 0 spiro atoms. The van der Waals surface area contributed by atoms with Gasteiger partial charge < -0.3 is 4.74 Å². The van der Waals surface area contributed by atoms with Gasteiger partial charge in [0.25, 0.3) is 0 Å². The Hall–Kier alpha value is -2.18. The van der Waals surface area contributed by atoms with Gasteiger partial charge in [0, 0.05) is 6.21 Å². The third-order valence-corrected chi connectivity index (χ3v) is 4.28. The highest BCUT2D eigenvalue weighted by Crippen LogP contribution is 2.24. The number of benzene rings is 2. The quantitative estimate of drug-likeness (QED) is 0.825. The maximum atomic E-state index is 11.6. The van der Waals surface area contributed by atoms with Crippen LogP contribution in [0.15, 0.2) is 58.4 Å². The van der Waals surface area contributed by atoms with Gasteiger partial charge in [0.2, 0.25) is 10.0 Å². The maximum Gasteiger partial charge on any atom is 0.241 e. The number of methoxy groups -OCH3 is 1. The molecule has 2 aromatic rings. The first-order valence-electron chi connectivity index (χ1n) is 7.18. The molecule has 0 heterocycles. The van der Waals surface area contributed by atoms with Crippen LogP contribution in [0.1, 0.15) is 18.1 Å². The predicted octanol–water partition coefficient (Wildman–Crippen LogP) is 2.39. The minimum Gasteiger partial charge on any atom is -0.495 e. The van der Waals surface area contributed by atoms with Crippen molar-refractivity contribution in [1.82, 2.24) is 0 Å². The van der Waals surface area contributed by atoms with Gasteiger partial charge in [0.15, 0.2) is 0 Å². The highest BCUT2D eigenvalue weighted by atomic mass is 32.2. The Balaban J connectivity index is 2.15. The van der Waals surface area contributed by atoms with Crippen LogP contribution in [0.25, 0.3) is 0 Å². The Morgan fingerprint density at radius 2 is 1.91 bits per heavy atom. The van der Waals surface area contributed by atoms with E-state index in [0.29, 0.717) is 6.42 Å². The lowest BCUT2D eigenvalue weighted by Gasteiger charge is -2.11. The third-order valence-electron chi connectivity index (χ3n) is 3.34. The molecule has 0 saturated heterocycles. The van der Waals surface area contributed by atoms with Crippen molar-refractivity contribution in [2.75, 3.05) is 7.11 Å². The van der Waals surface area contributed by atoms with Crippen LogP contribution in [0.4, 0.5) is 0 Å². The van der Waals surface area contributed by atoms with Crippen molar-refractivity contribution >= 4 is 16.2 Å². The van der Waals surface area contributed by atoms with Crippen molar-refractivity contribution in [2.45, 2.75) is 24.3 Å².